The van der Waals surface area contributed by atoms with Gasteiger partial charge in [0.15, 0.2) is 0 Å². The van der Waals surface area contributed by atoms with E-state index in [2.05, 4.69) is 5.32 Å². The number of carbonyl (C=O) groups is 2. The molecule has 2 atom stereocenters. The molecule has 0 fully saturated rings. The average molecular weight is 402 g/mol. The largest absolute Gasteiger partial charge is 0.481 e. The van der Waals surface area contributed by atoms with Gasteiger partial charge in [0.2, 0.25) is 0 Å². The number of anilines is 1. The molecule has 0 aliphatic rings. The third-order valence-corrected chi connectivity index (χ3v) is 4.70. The standard InChI is InChI=1S/C17H27N2O7P/c1-10(15(20)21)7-12(19-16(22)26-17(2,3)4)8-11-5-6-14(13(18)9-11)27(23,24)25/h5-6,9-10,12H,7-8,18H2,1-4H3,(H,19,22)(H,20,21)(H2,23,24,25)/t10?,12-/m1/s1. The SMILES string of the molecule is CC(C[C@H](Cc1ccc(P(=O)(O)O)c(N)c1)NC(=O)OC(C)(C)C)C(=O)O. The molecule has 0 aromatic heterocycles. The zero-order chi connectivity index (χ0) is 21.0. The summed E-state index contributed by atoms with van der Waals surface area (Å²) in [7, 11) is -4.48. The number of aliphatic carboxylic acids is 1. The van der Waals surface area contributed by atoms with E-state index < -0.39 is 37.2 Å². The van der Waals surface area contributed by atoms with Crippen LogP contribution in [0.25, 0.3) is 0 Å². The zero-order valence-corrected chi connectivity index (χ0v) is 16.7. The molecule has 0 aliphatic carbocycles. The first kappa shape index (κ1) is 23.0. The predicted molar refractivity (Wildman–Crippen MR) is 101 cm³/mol. The Labute approximate surface area is 158 Å². The molecule has 0 heterocycles. The Morgan fingerprint density at radius 2 is 1.89 bits per heavy atom. The molecule has 0 radical (unpaired) electrons. The Balaban J connectivity index is 2.99. The summed E-state index contributed by atoms with van der Waals surface area (Å²) in [4.78, 5) is 41.7. The van der Waals surface area contributed by atoms with Crippen molar-refractivity contribution in [2.45, 2.75) is 52.2 Å². The number of carbonyl (C=O) groups excluding carboxylic acids is 1. The van der Waals surface area contributed by atoms with Crippen LogP contribution in [0.3, 0.4) is 0 Å². The second-order valence-corrected chi connectivity index (χ2v) is 9.03. The predicted octanol–water partition coefficient (Wildman–Crippen LogP) is 1.62. The highest BCUT2D eigenvalue weighted by Gasteiger charge is 2.25. The number of nitrogen functional groups attached to an aromatic ring is 1. The summed E-state index contributed by atoms with van der Waals surface area (Å²) in [5, 5.41) is 11.5. The molecule has 27 heavy (non-hydrogen) atoms. The fourth-order valence-electron chi connectivity index (χ4n) is 2.48. The van der Waals surface area contributed by atoms with Gasteiger partial charge in [-0.25, -0.2) is 4.79 Å². The quantitative estimate of drug-likeness (QED) is 0.340. The summed E-state index contributed by atoms with van der Waals surface area (Å²) in [6.45, 7) is 6.66. The molecule has 0 aliphatic heterocycles. The molecule has 1 aromatic rings. The molecule has 9 nitrogen and oxygen atoms in total. The van der Waals surface area contributed by atoms with E-state index in [-0.39, 0.29) is 23.8 Å². The van der Waals surface area contributed by atoms with E-state index in [0.717, 1.165) is 0 Å². The number of alkyl carbamates (subject to hydrolysis) is 1. The number of benzene rings is 1. The zero-order valence-electron chi connectivity index (χ0n) is 15.8. The lowest BCUT2D eigenvalue weighted by molar-refractivity contribution is -0.141. The van der Waals surface area contributed by atoms with E-state index in [9.17, 15) is 23.9 Å². The molecule has 0 bridgehead atoms. The highest BCUT2D eigenvalue weighted by molar-refractivity contribution is 7.60. The monoisotopic (exact) mass is 402 g/mol. The number of rotatable bonds is 7. The van der Waals surface area contributed by atoms with Crippen LogP contribution in [0.15, 0.2) is 18.2 Å². The van der Waals surface area contributed by atoms with Crippen LogP contribution in [-0.2, 0) is 20.5 Å². The summed E-state index contributed by atoms with van der Waals surface area (Å²) < 4.78 is 16.6. The van der Waals surface area contributed by atoms with Gasteiger partial charge in [-0.2, -0.15) is 0 Å². The smallest absolute Gasteiger partial charge is 0.407 e. The lowest BCUT2D eigenvalue weighted by Crippen LogP contribution is -2.41. The van der Waals surface area contributed by atoms with Crippen LogP contribution in [0.4, 0.5) is 10.5 Å². The molecule has 1 unspecified atom stereocenters. The van der Waals surface area contributed by atoms with Gasteiger partial charge in [0.1, 0.15) is 5.60 Å². The number of hydrogen-bond donors (Lipinski definition) is 5. The van der Waals surface area contributed by atoms with Crippen LogP contribution >= 0.6 is 7.60 Å². The van der Waals surface area contributed by atoms with Crippen molar-refractivity contribution in [3.8, 4) is 0 Å². The summed E-state index contributed by atoms with van der Waals surface area (Å²) in [5.41, 5.74) is 5.55. The number of amides is 1. The summed E-state index contributed by atoms with van der Waals surface area (Å²) in [5.74, 6) is -1.71. The molecule has 10 heteroatoms. The van der Waals surface area contributed by atoms with Crippen LogP contribution in [-0.4, -0.2) is 38.6 Å². The Bertz CT molecular complexity index is 739. The third-order valence-electron chi connectivity index (χ3n) is 3.67. The van der Waals surface area contributed by atoms with Crippen molar-refractivity contribution in [2.24, 2.45) is 5.92 Å². The minimum atomic E-state index is -4.48. The van der Waals surface area contributed by atoms with Gasteiger partial charge in [0, 0.05) is 11.7 Å². The molecule has 0 saturated heterocycles. The van der Waals surface area contributed by atoms with Gasteiger partial charge < -0.3 is 30.7 Å². The number of hydrogen-bond acceptors (Lipinski definition) is 5. The number of ether oxygens (including phenoxy) is 1. The Kier molecular flexibility index (Phi) is 7.42. The Hall–Kier alpha value is -2.09. The number of nitrogens with one attached hydrogen (secondary N) is 1. The highest BCUT2D eigenvalue weighted by Crippen LogP contribution is 2.35. The maximum Gasteiger partial charge on any atom is 0.407 e. The van der Waals surface area contributed by atoms with Crippen molar-refractivity contribution in [1.82, 2.24) is 5.32 Å². The van der Waals surface area contributed by atoms with E-state index in [4.69, 9.17) is 15.6 Å². The van der Waals surface area contributed by atoms with E-state index in [1.54, 1.807) is 20.8 Å². The van der Waals surface area contributed by atoms with Crippen molar-refractivity contribution in [1.29, 1.82) is 0 Å². The minimum Gasteiger partial charge on any atom is -0.481 e. The molecule has 6 N–H and O–H groups in total. The average Bonchev–Trinajstić information content (AvgIpc) is 2.43. The highest BCUT2D eigenvalue weighted by atomic mass is 31.2. The summed E-state index contributed by atoms with van der Waals surface area (Å²) in [6, 6.07) is 3.56. The van der Waals surface area contributed by atoms with Crippen molar-refractivity contribution in [3.63, 3.8) is 0 Å². The number of carboxylic acids is 1. The van der Waals surface area contributed by atoms with Crippen LogP contribution in [0.1, 0.15) is 39.7 Å². The molecular weight excluding hydrogens is 375 g/mol. The van der Waals surface area contributed by atoms with Gasteiger partial charge in [-0.1, -0.05) is 13.0 Å². The van der Waals surface area contributed by atoms with Gasteiger partial charge >= 0.3 is 19.7 Å². The third kappa shape index (κ3) is 7.99. The second-order valence-electron chi connectivity index (χ2n) is 7.46. The van der Waals surface area contributed by atoms with E-state index >= 15 is 0 Å². The van der Waals surface area contributed by atoms with Gasteiger partial charge in [-0.15, -0.1) is 0 Å². The van der Waals surface area contributed by atoms with Crippen LogP contribution in [0, 0.1) is 5.92 Å². The molecule has 152 valence electrons. The minimum absolute atomic E-state index is 0.0665. The van der Waals surface area contributed by atoms with E-state index in [1.165, 1.54) is 25.1 Å². The first-order valence-electron chi connectivity index (χ1n) is 8.36. The van der Waals surface area contributed by atoms with Gasteiger partial charge in [0.05, 0.1) is 11.2 Å². The second kappa shape index (κ2) is 8.73. The molecule has 1 aromatic carbocycles. The number of carboxylic acid groups (broad SMARTS) is 1. The maximum atomic E-state index is 12.1. The van der Waals surface area contributed by atoms with Crippen LogP contribution in [0.5, 0.6) is 0 Å². The first-order chi connectivity index (χ1) is 12.2. The molecule has 0 spiro atoms. The van der Waals surface area contributed by atoms with Gasteiger partial charge in [-0.05, 0) is 51.3 Å². The molecule has 1 amide bonds. The van der Waals surface area contributed by atoms with Crippen LogP contribution in [0.2, 0.25) is 0 Å². The topological polar surface area (TPSA) is 159 Å². The van der Waals surface area contributed by atoms with Crippen molar-refractivity contribution in [2.75, 3.05) is 5.73 Å². The fraction of sp³-hybridized carbons (Fsp3) is 0.529. The Morgan fingerprint density at radius 1 is 1.30 bits per heavy atom. The first-order valence-corrected chi connectivity index (χ1v) is 9.97. The molecular formula is C17H27N2O7P. The van der Waals surface area contributed by atoms with Crippen molar-refractivity contribution in [3.05, 3.63) is 23.8 Å². The van der Waals surface area contributed by atoms with E-state index in [0.29, 0.717) is 5.56 Å². The summed E-state index contributed by atoms with van der Waals surface area (Å²) >= 11 is 0. The fourth-order valence-corrected chi connectivity index (χ4v) is 3.15. The summed E-state index contributed by atoms with van der Waals surface area (Å²) in [6.07, 6.45) is -0.304. The maximum absolute atomic E-state index is 12.1. The van der Waals surface area contributed by atoms with Crippen molar-refractivity contribution < 1.29 is 33.8 Å². The molecule has 0 saturated carbocycles. The van der Waals surface area contributed by atoms with E-state index in [1.807, 2.05) is 0 Å². The van der Waals surface area contributed by atoms with Crippen molar-refractivity contribution >= 4 is 30.7 Å². The normalized spacial score (nSPS) is 14.3. The van der Waals surface area contributed by atoms with Gasteiger partial charge in [0.25, 0.3) is 0 Å². The Morgan fingerprint density at radius 3 is 2.33 bits per heavy atom. The number of nitrogens with two attached hydrogens (primary N) is 1. The van der Waals surface area contributed by atoms with Gasteiger partial charge in [-0.3, -0.25) is 9.36 Å². The van der Waals surface area contributed by atoms with Crippen LogP contribution < -0.4 is 16.4 Å². The lowest BCUT2D eigenvalue weighted by atomic mass is 9.96. The lowest BCUT2D eigenvalue weighted by Gasteiger charge is -2.25. The molecule has 1 rings (SSSR count).